The summed E-state index contributed by atoms with van der Waals surface area (Å²) in [4.78, 5) is 10.8. The van der Waals surface area contributed by atoms with Gasteiger partial charge in [-0.1, -0.05) is 11.8 Å². The first kappa shape index (κ1) is 14.6. The third kappa shape index (κ3) is 4.04. The zero-order valence-corrected chi connectivity index (χ0v) is 9.84. The highest BCUT2D eigenvalue weighted by Crippen LogP contribution is 2.32. The molecule has 0 saturated carbocycles. The van der Waals surface area contributed by atoms with Crippen LogP contribution in [-0.4, -0.2) is 13.1 Å². The summed E-state index contributed by atoms with van der Waals surface area (Å²) >= 11 is 0. The lowest BCUT2D eigenvalue weighted by Crippen LogP contribution is -2.08. The largest absolute Gasteiger partial charge is 0.468 e. The molecule has 0 unspecified atom stereocenters. The third-order valence-corrected chi connectivity index (χ3v) is 2.14. The van der Waals surface area contributed by atoms with Gasteiger partial charge in [0.15, 0.2) is 0 Å². The molecule has 6 heteroatoms. The third-order valence-electron chi connectivity index (χ3n) is 2.14. The summed E-state index contributed by atoms with van der Waals surface area (Å²) < 4.78 is 42.6. The zero-order chi connectivity index (χ0) is 14.5. The second-order valence-electron chi connectivity index (χ2n) is 3.42. The van der Waals surface area contributed by atoms with E-state index in [1.54, 1.807) is 6.07 Å². The van der Waals surface area contributed by atoms with Gasteiger partial charge in [0.05, 0.1) is 24.3 Å². The number of carbonyl (C=O) groups excluding carboxylic acids is 1. The average Bonchev–Trinajstić information content (AvgIpc) is 2.37. The number of nitriles is 1. The first-order valence-corrected chi connectivity index (χ1v) is 5.05. The molecule has 0 atom stereocenters. The summed E-state index contributed by atoms with van der Waals surface area (Å²) in [7, 11) is 1.16. The van der Waals surface area contributed by atoms with Crippen LogP contribution in [0.25, 0.3) is 0 Å². The van der Waals surface area contributed by atoms with Gasteiger partial charge in [-0.05, 0) is 18.2 Å². The fourth-order valence-electron chi connectivity index (χ4n) is 1.24. The Labute approximate surface area is 107 Å². The normalized spacial score (nSPS) is 10.1. The maximum absolute atomic E-state index is 12.7. The van der Waals surface area contributed by atoms with Crippen molar-refractivity contribution in [1.29, 1.82) is 5.26 Å². The lowest BCUT2D eigenvalue weighted by molar-refractivity contribution is -0.139. The molecule has 0 aliphatic carbocycles. The van der Waals surface area contributed by atoms with Gasteiger partial charge in [0.25, 0.3) is 0 Å². The molecule has 1 rings (SSSR count). The molecule has 0 aromatic heterocycles. The molecule has 98 valence electrons. The maximum atomic E-state index is 12.7. The van der Waals surface area contributed by atoms with E-state index in [1.165, 1.54) is 6.07 Å². The number of alkyl halides is 3. The van der Waals surface area contributed by atoms with Crippen LogP contribution in [0.15, 0.2) is 18.2 Å². The fraction of sp³-hybridized carbons (Fsp3) is 0.231. The number of benzene rings is 1. The van der Waals surface area contributed by atoms with E-state index in [4.69, 9.17) is 5.26 Å². The average molecular weight is 267 g/mol. The van der Waals surface area contributed by atoms with E-state index in [1.807, 2.05) is 0 Å². The van der Waals surface area contributed by atoms with Crippen LogP contribution >= 0.6 is 0 Å². The molecular formula is C13H8F3NO2. The molecule has 0 radical (unpaired) electrons. The van der Waals surface area contributed by atoms with Crippen LogP contribution in [-0.2, 0) is 15.7 Å². The molecule has 0 spiro atoms. The minimum Gasteiger partial charge on any atom is -0.468 e. The number of halogens is 3. The van der Waals surface area contributed by atoms with Crippen molar-refractivity contribution in [2.75, 3.05) is 7.11 Å². The van der Waals surface area contributed by atoms with Gasteiger partial charge in [-0.15, -0.1) is 0 Å². The van der Waals surface area contributed by atoms with Crippen LogP contribution in [0, 0.1) is 23.2 Å². The van der Waals surface area contributed by atoms with Gasteiger partial charge < -0.3 is 4.74 Å². The van der Waals surface area contributed by atoms with Gasteiger partial charge in [-0.2, -0.15) is 18.4 Å². The second-order valence-corrected chi connectivity index (χ2v) is 3.42. The first-order chi connectivity index (χ1) is 8.88. The number of nitrogens with zero attached hydrogens (tertiary/aromatic N) is 1. The SMILES string of the molecule is COC(=O)CC#Cc1ccc(C#N)cc1C(F)(F)F. The van der Waals surface area contributed by atoms with Gasteiger partial charge in [0.1, 0.15) is 6.42 Å². The summed E-state index contributed by atoms with van der Waals surface area (Å²) in [6, 6.07) is 4.69. The van der Waals surface area contributed by atoms with E-state index in [0.717, 1.165) is 19.2 Å². The molecule has 0 N–H and O–H groups in total. The van der Waals surface area contributed by atoms with Gasteiger partial charge in [0.2, 0.25) is 0 Å². The van der Waals surface area contributed by atoms with Gasteiger partial charge in [-0.3, -0.25) is 4.79 Å². The zero-order valence-electron chi connectivity index (χ0n) is 9.84. The molecule has 0 amide bonds. The Kier molecular flexibility index (Phi) is 4.55. The molecule has 3 nitrogen and oxygen atoms in total. The fourth-order valence-corrected chi connectivity index (χ4v) is 1.24. The van der Waals surface area contributed by atoms with Crippen LogP contribution in [0.3, 0.4) is 0 Å². The van der Waals surface area contributed by atoms with Crippen molar-refractivity contribution < 1.29 is 22.7 Å². The van der Waals surface area contributed by atoms with E-state index < -0.39 is 17.7 Å². The van der Waals surface area contributed by atoms with E-state index in [9.17, 15) is 18.0 Å². The Morgan fingerprint density at radius 1 is 1.42 bits per heavy atom. The summed E-state index contributed by atoms with van der Waals surface area (Å²) in [5.74, 6) is 3.92. The molecule has 1 aromatic rings. The van der Waals surface area contributed by atoms with Crippen molar-refractivity contribution >= 4 is 5.97 Å². The Bertz CT molecular complexity index is 589. The van der Waals surface area contributed by atoms with Crippen LogP contribution in [0.2, 0.25) is 0 Å². The number of rotatable bonds is 1. The van der Waals surface area contributed by atoms with Gasteiger partial charge >= 0.3 is 12.1 Å². The Balaban J connectivity index is 3.14. The van der Waals surface area contributed by atoms with Crippen LogP contribution < -0.4 is 0 Å². The van der Waals surface area contributed by atoms with Crippen molar-refractivity contribution in [3.05, 3.63) is 34.9 Å². The number of hydrogen-bond acceptors (Lipinski definition) is 3. The summed E-state index contributed by atoms with van der Waals surface area (Å²) in [6.07, 6.45) is -4.91. The molecule has 1 aromatic carbocycles. The van der Waals surface area contributed by atoms with E-state index in [-0.39, 0.29) is 17.5 Å². The van der Waals surface area contributed by atoms with Crippen LogP contribution in [0.4, 0.5) is 13.2 Å². The van der Waals surface area contributed by atoms with Crippen LogP contribution in [0.1, 0.15) is 23.1 Å². The van der Waals surface area contributed by atoms with E-state index in [0.29, 0.717) is 0 Å². The molecule has 19 heavy (non-hydrogen) atoms. The molecule has 0 aliphatic rings. The summed E-state index contributed by atoms with van der Waals surface area (Å²) in [5.41, 5.74) is -1.38. The molecule has 0 aliphatic heterocycles. The maximum Gasteiger partial charge on any atom is 0.417 e. The molecule has 0 fully saturated rings. The number of ether oxygens (including phenoxy) is 1. The summed E-state index contributed by atoms with van der Waals surface area (Å²) in [6.45, 7) is 0. The highest BCUT2D eigenvalue weighted by Gasteiger charge is 2.33. The molecule has 0 bridgehead atoms. The number of carbonyl (C=O) groups is 1. The van der Waals surface area contributed by atoms with Crippen LogP contribution in [0.5, 0.6) is 0 Å². The molecule has 0 heterocycles. The Morgan fingerprint density at radius 3 is 2.63 bits per heavy atom. The van der Waals surface area contributed by atoms with Crippen molar-refractivity contribution in [2.45, 2.75) is 12.6 Å². The predicted molar refractivity (Wildman–Crippen MR) is 59.7 cm³/mol. The number of methoxy groups -OCH3 is 1. The molecular weight excluding hydrogens is 259 g/mol. The molecule has 0 saturated heterocycles. The Hall–Kier alpha value is -2.47. The van der Waals surface area contributed by atoms with Crippen molar-refractivity contribution in [2.24, 2.45) is 0 Å². The minimum atomic E-state index is -4.61. The lowest BCUT2D eigenvalue weighted by Gasteiger charge is -2.09. The number of esters is 1. The monoisotopic (exact) mass is 267 g/mol. The van der Waals surface area contributed by atoms with E-state index >= 15 is 0 Å². The van der Waals surface area contributed by atoms with Crippen molar-refractivity contribution in [3.8, 4) is 17.9 Å². The lowest BCUT2D eigenvalue weighted by atomic mass is 10.0. The Morgan fingerprint density at radius 2 is 2.11 bits per heavy atom. The first-order valence-electron chi connectivity index (χ1n) is 5.05. The smallest absolute Gasteiger partial charge is 0.417 e. The quantitative estimate of drug-likeness (QED) is 0.580. The number of hydrogen-bond donors (Lipinski definition) is 0. The van der Waals surface area contributed by atoms with E-state index in [2.05, 4.69) is 16.6 Å². The predicted octanol–water partition coefficient (Wildman–Crippen LogP) is 2.49. The van der Waals surface area contributed by atoms with Crippen molar-refractivity contribution in [3.63, 3.8) is 0 Å². The summed E-state index contributed by atoms with van der Waals surface area (Å²) in [5, 5.41) is 8.58. The highest BCUT2D eigenvalue weighted by molar-refractivity contribution is 5.72. The standard InChI is InChI=1S/C13H8F3NO2/c1-19-12(18)4-2-3-10-6-5-9(8-17)7-11(10)13(14,15)16/h5-7H,4H2,1H3. The second kappa shape index (κ2) is 5.92. The van der Waals surface area contributed by atoms with Gasteiger partial charge in [0, 0.05) is 5.56 Å². The highest BCUT2D eigenvalue weighted by atomic mass is 19.4. The van der Waals surface area contributed by atoms with Gasteiger partial charge in [-0.25, -0.2) is 0 Å². The van der Waals surface area contributed by atoms with Crippen molar-refractivity contribution in [1.82, 2.24) is 0 Å². The minimum absolute atomic E-state index is 0.106. The topological polar surface area (TPSA) is 50.1 Å².